The van der Waals surface area contributed by atoms with Gasteiger partial charge < -0.3 is 9.84 Å². The molecule has 1 aromatic heterocycles. The summed E-state index contributed by atoms with van der Waals surface area (Å²) in [6, 6.07) is 0. The van der Waals surface area contributed by atoms with Crippen LogP contribution in [0, 0.1) is 12.3 Å². The zero-order valence-corrected chi connectivity index (χ0v) is 13.9. The molecule has 4 heteroatoms. The first-order valence-electron chi connectivity index (χ1n) is 7.44. The fourth-order valence-electron chi connectivity index (χ4n) is 2.36. The standard InChI is InChI=1S/C16H28N2O2/c1-8-10-15(4,5)16(6,7)17-14(19)13-11(3)12(9-2)20-18-13/h8-10H2,1-7H3,(H,17,19). The molecule has 0 fully saturated rings. The van der Waals surface area contributed by atoms with Gasteiger partial charge in [-0.15, -0.1) is 0 Å². The van der Waals surface area contributed by atoms with Crippen LogP contribution in [-0.4, -0.2) is 16.6 Å². The summed E-state index contributed by atoms with van der Waals surface area (Å²) in [5.41, 5.74) is 0.955. The summed E-state index contributed by atoms with van der Waals surface area (Å²) in [6.07, 6.45) is 2.89. The average Bonchev–Trinajstić information content (AvgIpc) is 2.69. The Labute approximate surface area is 122 Å². The van der Waals surface area contributed by atoms with Gasteiger partial charge in [-0.25, -0.2) is 0 Å². The molecule has 1 heterocycles. The Kier molecular flexibility index (Phi) is 5.00. The molecule has 0 radical (unpaired) electrons. The summed E-state index contributed by atoms with van der Waals surface area (Å²) < 4.78 is 5.20. The summed E-state index contributed by atoms with van der Waals surface area (Å²) >= 11 is 0. The van der Waals surface area contributed by atoms with E-state index in [1.165, 1.54) is 0 Å². The van der Waals surface area contributed by atoms with Crippen LogP contribution in [0.3, 0.4) is 0 Å². The maximum absolute atomic E-state index is 12.4. The fraction of sp³-hybridized carbons (Fsp3) is 0.750. The van der Waals surface area contributed by atoms with Gasteiger partial charge in [-0.2, -0.15) is 0 Å². The Bertz CT molecular complexity index is 473. The van der Waals surface area contributed by atoms with Gasteiger partial charge in [0.25, 0.3) is 5.91 Å². The monoisotopic (exact) mass is 280 g/mol. The summed E-state index contributed by atoms with van der Waals surface area (Å²) in [6.45, 7) is 14.5. The summed E-state index contributed by atoms with van der Waals surface area (Å²) in [4.78, 5) is 12.4. The third-order valence-electron chi connectivity index (χ3n) is 4.55. The summed E-state index contributed by atoms with van der Waals surface area (Å²) in [7, 11) is 0. The average molecular weight is 280 g/mol. The van der Waals surface area contributed by atoms with Crippen LogP contribution in [0.1, 0.15) is 76.2 Å². The van der Waals surface area contributed by atoms with Gasteiger partial charge >= 0.3 is 0 Å². The lowest BCUT2D eigenvalue weighted by Crippen LogP contribution is -2.53. The molecule has 0 bridgehead atoms. The number of carbonyl (C=O) groups excluding carboxylic acids is 1. The molecule has 1 N–H and O–H groups in total. The van der Waals surface area contributed by atoms with Crippen molar-refractivity contribution in [1.82, 2.24) is 10.5 Å². The fourth-order valence-corrected chi connectivity index (χ4v) is 2.36. The molecule has 4 nitrogen and oxygen atoms in total. The van der Waals surface area contributed by atoms with Crippen LogP contribution in [-0.2, 0) is 6.42 Å². The lowest BCUT2D eigenvalue weighted by atomic mass is 9.71. The second-order valence-corrected chi connectivity index (χ2v) is 6.65. The molecule has 0 aliphatic carbocycles. The van der Waals surface area contributed by atoms with Gasteiger partial charge in [0.1, 0.15) is 5.76 Å². The Morgan fingerprint density at radius 2 is 1.85 bits per heavy atom. The minimum absolute atomic E-state index is 0.0165. The van der Waals surface area contributed by atoms with Crippen molar-refractivity contribution < 1.29 is 9.32 Å². The highest BCUT2D eigenvalue weighted by atomic mass is 16.5. The van der Waals surface area contributed by atoms with E-state index in [2.05, 4.69) is 45.1 Å². The van der Waals surface area contributed by atoms with Crippen LogP contribution in [0.15, 0.2) is 4.52 Å². The van der Waals surface area contributed by atoms with E-state index in [1.54, 1.807) is 0 Å². The van der Waals surface area contributed by atoms with Crippen LogP contribution in [0.2, 0.25) is 0 Å². The van der Waals surface area contributed by atoms with E-state index in [-0.39, 0.29) is 16.9 Å². The molecule has 0 aliphatic rings. The number of nitrogens with zero attached hydrogens (tertiary/aromatic N) is 1. The first-order chi connectivity index (χ1) is 9.16. The van der Waals surface area contributed by atoms with Gasteiger partial charge in [-0.1, -0.05) is 39.3 Å². The van der Waals surface area contributed by atoms with Crippen LogP contribution >= 0.6 is 0 Å². The van der Waals surface area contributed by atoms with Gasteiger partial charge in [0.05, 0.1) is 0 Å². The van der Waals surface area contributed by atoms with Gasteiger partial charge in [-0.3, -0.25) is 4.79 Å². The first kappa shape index (κ1) is 16.7. The van der Waals surface area contributed by atoms with Crippen molar-refractivity contribution >= 4 is 5.91 Å². The van der Waals surface area contributed by atoms with Crippen molar-refractivity contribution in [2.75, 3.05) is 0 Å². The van der Waals surface area contributed by atoms with Crippen LogP contribution < -0.4 is 5.32 Å². The molecule has 1 rings (SSSR count). The zero-order valence-electron chi connectivity index (χ0n) is 13.9. The molecule has 0 saturated carbocycles. The van der Waals surface area contributed by atoms with Crippen molar-refractivity contribution in [3.05, 3.63) is 17.0 Å². The Balaban J connectivity index is 2.91. The normalized spacial score (nSPS) is 12.6. The highest BCUT2D eigenvalue weighted by molar-refractivity contribution is 5.94. The molecule has 114 valence electrons. The van der Waals surface area contributed by atoms with Crippen LogP contribution in [0.25, 0.3) is 0 Å². The zero-order chi connectivity index (χ0) is 15.6. The van der Waals surface area contributed by atoms with E-state index in [1.807, 2.05) is 13.8 Å². The predicted octanol–water partition coefficient (Wildman–Crippen LogP) is 3.88. The molecule has 0 atom stereocenters. The van der Waals surface area contributed by atoms with E-state index in [9.17, 15) is 4.79 Å². The topological polar surface area (TPSA) is 55.1 Å². The minimum Gasteiger partial charge on any atom is -0.360 e. The molecule has 20 heavy (non-hydrogen) atoms. The highest BCUT2D eigenvalue weighted by Gasteiger charge is 2.38. The number of hydrogen-bond acceptors (Lipinski definition) is 3. The molecule has 1 aromatic rings. The molecule has 0 unspecified atom stereocenters. The third kappa shape index (κ3) is 3.22. The molecular weight excluding hydrogens is 252 g/mol. The Morgan fingerprint density at radius 3 is 2.30 bits per heavy atom. The molecule has 0 aliphatic heterocycles. The number of aromatic nitrogens is 1. The van der Waals surface area contributed by atoms with E-state index in [4.69, 9.17) is 4.52 Å². The third-order valence-corrected chi connectivity index (χ3v) is 4.55. The number of rotatable bonds is 6. The van der Waals surface area contributed by atoms with E-state index in [0.717, 1.165) is 30.6 Å². The molecule has 0 spiro atoms. The molecule has 0 saturated heterocycles. The number of amides is 1. The highest BCUT2D eigenvalue weighted by Crippen LogP contribution is 2.35. The van der Waals surface area contributed by atoms with E-state index >= 15 is 0 Å². The minimum atomic E-state index is -0.308. The van der Waals surface area contributed by atoms with Gasteiger partial charge in [0, 0.05) is 17.5 Å². The maximum atomic E-state index is 12.4. The Hall–Kier alpha value is -1.32. The van der Waals surface area contributed by atoms with Crippen LogP contribution in [0.5, 0.6) is 0 Å². The van der Waals surface area contributed by atoms with E-state index in [0.29, 0.717) is 5.69 Å². The summed E-state index contributed by atoms with van der Waals surface area (Å²) in [5, 5.41) is 7.03. The lowest BCUT2D eigenvalue weighted by Gasteiger charge is -2.42. The van der Waals surface area contributed by atoms with Crippen molar-refractivity contribution in [3.8, 4) is 0 Å². The summed E-state index contributed by atoms with van der Waals surface area (Å²) in [5.74, 6) is 0.626. The van der Waals surface area contributed by atoms with Gasteiger partial charge in [0.15, 0.2) is 5.69 Å². The molecular formula is C16H28N2O2. The quantitative estimate of drug-likeness (QED) is 0.860. The van der Waals surface area contributed by atoms with Crippen LogP contribution in [0.4, 0.5) is 0 Å². The molecule has 1 amide bonds. The smallest absolute Gasteiger partial charge is 0.274 e. The van der Waals surface area contributed by atoms with Crippen molar-refractivity contribution in [2.45, 2.75) is 73.3 Å². The number of hydrogen-bond donors (Lipinski definition) is 1. The first-order valence-corrected chi connectivity index (χ1v) is 7.44. The maximum Gasteiger partial charge on any atom is 0.274 e. The van der Waals surface area contributed by atoms with Crippen molar-refractivity contribution in [2.24, 2.45) is 5.41 Å². The van der Waals surface area contributed by atoms with Crippen molar-refractivity contribution in [1.29, 1.82) is 0 Å². The molecule has 0 aromatic carbocycles. The second-order valence-electron chi connectivity index (χ2n) is 6.65. The number of nitrogens with one attached hydrogen (secondary N) is 1. The largest absolute Gasteiger partial charge is 0.360 e. The SMILES string of the molecule is CCCC(C)(C)C(C)(C)NC(=O)c1noc(CC)c1C. The second kappa shape index (κ2) is 5.98. The number of aryl methyl sites for hydroxylation is 1. The van der Waals surface area contributed by atoms with Gasteiger partial charge in [0.2, 0.25) is 0 Å². The van der Waals surface area contributed by atoms with Crippen molar-refractivity contribution in [3.63, 3.8) is 0 Å². The lowest BCUT2D eigenvalue weighted by molar-refractivity contribution is 0.0778. The Morgan fingerprint density at radius 1 is 1.25 bits per heavy atom. The van der Waals surface area contributed by atoms with Gasteiger partial charge in [-0.05, 0) is 32.6 Å². The predicted molar refractivity (Wildman–Crippen MR) is 80.9 cm³/mol. The number of carbonyl (C=O) groups is 1. The van der Waals surface area contributed by atoms with E-state index < -0.39 is 0 Å².